The van der Waals surface area contributed by atoms with Gasteiger partial charge in [-0.2, -0.15) is 0 Å². The molecule has 0 saturated carbocycles. The maximum absolute atomic E-state index is 12.8. The number of allylic oxidation sites excluding steroid dienone is 12. The van der Waals surface area contributed by atoms with Gasteiger partial charge in [0.1, 0.15) is 31.0 Å². The van der Waals surface area contributed by atoms with Crippen molar-refractivity contribution >= 4 is 11.9 Å². The highest BCUT2D eigenvalue weighted by Gasteiger charge is 2.44. The Morgan fingerprint density at radius 2 is 0.866 bits per heavy atom. The van der Waals surface area contributed by atoms with Crippen molar-refractivity contribution in [1.29, 1.82) is 0 Å². The van der Waals surface area contributed by atoms with E-state index in [1.54, 1.807) is 0 Å². The number of hydrogen-bond acceptors (Lipinski definition) is 10. The molecule has 1 aliphatic heterocycles. The second kappa shape index (κ2) is 46.8. The van der Waals surface area contributed by atoms with E-state index < -0.39 is 55.4 Å². The van der Waals surface area contributed by atoms with Gasteiger partial charge in [-0.15, -0.1) is 0 Å². The summed E-state index contributed by atoms with van der Waals surface area (Å²) in [6, 6.07) is 0. The number of carbonyl (C=O) groups is 2. The van der Waals surface area contributed by atoms with Crippen molar-refractivity contribution in [1.82, 2.24) is 0 Å². The number of ether oxygens (including phenoxy) is 4. The van der Waals surface area contributed by atoms with Gasteiger partial charge >= 0.3 is 11.9 Å². The molecule has 1 saturated heterocycles. The molecule has 1 heterocycles. The topological polar surface area (TPSA) is 152 Å². The van der Waals surface area contributed by atoms with Crippen molar-refractivity contribution in [2.45, 2.75) is 256 Å². The molecule has 0 aromatic carbocycles. The van der Waals surface area contributed by atoms with E-state index in [1.165, 1.54) is 141 Å². The molecule has 0 aliphatic carbocycles. The van der Waals surface area contributed by atoms with E-state index in [4.69, 9.17) is 18.9 Å². The van der Waals surface area contributed by atoms with Crippen LogP contribution in [0.2, 0.25) is 0 Å². The van der Waals surface area contributed by atoms with E-state index in [1.807, 2.05) is 12.2 Å². The van der Waals surface area contributed by atoms with Gasteiger partial charge < -0.3 is 39.4 Å². The fraction of sp³-hybridized carbons (Fsp3) is 0.754. The van der Waals surface area contributed by atoms with Crippen molar-refractivity contribution in [2.24, 2.45) is 0 Å². The molecule has 0 radical (unpaired) electrons. The van der Waals surface area contributed by atoms with Gasteiger partial charge in [-0.25, -0.2) is 0 Å². The molecule has 1 aliphatic rings. The minimum atomic E-state index is -1.61. The highest BCUT2D eigenvalue weighted by atomic mass is 16.7. The first kappa shape index (κ1) is 62.2. The molecular weight excluding hydrogens is 845 g/mol. The average molecular weight is 943 g/mol. The van der Waals surface area contributed by atoms with E-state index >= 15 is 0 Å². The van der Waals surface area contributed by atoms with Gasteiger partial charge in [0.05, 0.1) is 13.2 Å². The first-order valence-electron chi connectivity index (χ1n) is 27.0. The summed E-state index contributed by atoms with van der Waals surface area (Å²) < 4.78 is 22.1. The minimum Gasteiger partial charge on any atom is -0.462 e. The lowest BCUT2D eigenvalue weighted by molar-refractivity contribution is -0.305. The van der Waals surface area contributed by atoms with Crippen LogP contribution in [0, 0.1) is 0 Å². The molecule has 0 aromatic rings. The molecule has 10 nitrogen and oxygen atoms in total. The van der Waals surface area contributed by atoms with Crippen molar-refractivity contribution in [3.63, 3.8) is 0 Å². The molecule has 10 heteroatoms. The summed E-state index contributed by atoms with van der Waals surface area (Å²) in [5.74, 6) is -0.939. The lowest BCUT2D eigenvalue weighted by Crippen LogP contribution is -2.59. The summed E-state index contributed by atoms with van der Waals surface area (Å²) in [5.41, 5.74) is 0. The van der Waals surface area contributed by atoms with E-state index in [0.717, 1.165) is 38.5 Å². The Bertz CT molecular complexity index is 1320. The van der Waals surface area contributed by atoms with Crippen molar-refractivity contribution in [2.75, 3.05) is 19.8 Å². The molecule has 2 unspecified atom stereocenters. The maximum Gasteiger partial charge on any atom is 0.306 e. The van der Waals surface area contributed by atoms with Crippen LogP contribution in [0.4, 0.5) is 0 Å². The third-order valence-electron chi connectivity index (χ3n) is 12.1. The Hall–Kier alpha value is -2.86. The molecule has 1 fully saturated rings. The fourth-order valence-corrected chi connectivity index (χ4v) is 7.82. The highest BCUT2D eigenvalue weighted by Crippen LogP contribution is 2.23. The van der Waals surface area contributed by atoms with Crippen LogP contribution in [0.5, 0.6) is 0 Å². The number of rotatable bonds is 45. The minimum absolute atomic E-state index is 0.144. The summed E-state index contributed by atoms with van der Waals surface area (Å²) in [6.07, 6.45) is 53.7. The third-order valence-corrected chi connectivity index (χ3v) is 12.1. The van der Waals surface area contributed by atoms with Crippen LogP contribution >= 0.6 is 0 Å². The predicted octanol–water partition coefficient (Wildman–Crippen LogP) is 13.1. The van der Waals surface area contributed by atoms with Gasteiger partial charge in [0.25, 0.3) is 0 Å². The van der Waals surface area contributed by atoms with Gasteiger partial charge in [-0.3, -0.25) is 9.59 Å². The van der Waals surface area contributed by atoms with Crippen LogP contribution < -0.4 is 0 Å². The maximum atomic E-state index is 12.8. The molecule has 0 bridgehead atoms. The molecule has 1 rings (SSSR count). The molecule has 0 amide bonds. The first-order chi connectivity index (χ1) is 32.8. The van der Waals surface area contributed by atoms with Gasteiger partial charge in [0, 0.05) is 12.8 Å². The van der Waals surface area contributed by atoms with E-state index in [2.05, 4.69) is 74.6 Å². The first-order valence-corrected chi connectivity index (χ1v) is 27.0. The van der Waals surface area contributed by atoms with E-state index in [0.29, 0.717) is 12.8 Å². The average Bonchev–Trinajstić information content (AvgIpc) is 3.33. The van der Waals surface area contributed by atoms with Gasteiger partial charge in [0.15, 0.2) is 12.4 Å². The van der Waals surface area contributed by atoms with Crippen LogP contribution in [0.1, 0.15) is 219 Å². The second-order valence-electron chi connectivity index (χ2n) is 18.3. The molecule has 0 spiro atoms. The van der Waals surface area contributed by atoms with Crippen LogP contribution in [-0.4, -0.2) is 89.0 Å². The second-order valence-corrected chi connectivity index (χ2v) is 18.3. The molecule has 67 heavy (non-hydrogen) atoms. The lowest BCUT2D eigenvalue weighted by atomic mass is 9.99. The Morgan fingerprint density at radius 3 is 1.36 bits per heavy atom. The van der Waals surface area contributed by atoms with Gasteiger partial charge in [-0.05, 0) is 70.6 Å². The Kier molecular flexibility index (Phi) is 43.5. The molecular formula is C57H98O10. The monoisotopic (exact) mass is 943 g/mol. The summed E-state index contributed by atoms with van der Waals surface area (Å²) in [4.78, 5) is 25.4. The standard InChI is InChI=1S/C57H98O10/c1-3-5-7-9-11-13-15-17-19-21-23-24-25-26-28-30-32-34-36-38-40-42-44-46-53(60)66-50(49-65-57-56(63)55(62)54(61)51(47-58)67-57)48-64-52(59)45-43-41-39-37-35-33-31-29-27-22-20-18-16-14-12-10-8-6-4-2/h12,14,18,20,27,29,33,35,38-41,50-51,54-58,61-63H,3-11,13,15-17,19,21-26,28,30-32,34,36-37,42-49H2,1-2H3/b14-12+,20-18+,29-27+,35-33+,40-38+,41-39+/t50-,51-,54+,55?,56?,57-/m1/s1. The fourth-order valence-electron chi connectivity index (χ4n) is 7.82. The smallest absolute Gasteiger partial charge is 0.306 e. The van der Waals surface area contributed by atoms with Crippen molar-refractivity contribution in [3.05, 3.63) is 72.9 Å². The summed E-state index contributed by atoms with van der Waals surface area (Å²) >= 11 is 0. The highest BCUT2D eigenvalue weighted by molar-refractivity contribution is 5.70. The summed E-state index contributed by atoms with van der Waals surface area (Å²) in [5, 5.41) is 40.2. The SMILES string of the molecule is CCCCC/C=C/C/C=C/C/C=C/C/C=C/C/C=C/CCC(=O)OC[C@H](CO[C@@H]1O[C@H](CO)[C@H](O)C(O)C1O)OC(=O)CCC/C=C/CCCCCCCCCCCCCCCCCCCC. The molecule has 386 valence electrons. The quantitative estimate of drug-likeness (QED) is 0.0264. The number of carbonyl (C=O) groups excluding carboxylic acids is 2. The Balaban J connectivity index is 2.30. The zero-order chi connectivity index (χ0) is 48.7. The number of aliphatic hydroxyl groups excluding tert-OH is 4. The van der Waals surface area contributed by atoms with Gasteiger partial charge in [0.2, 0.25) is 0 Å². The summed E-state index contributed by atoms with van der Waals surface area (Å²) in [7, 11) is 0. The Morgan fingerprint density at radius 1 is 0.463 bits per heavy atom. The van der Waals surface area contributed by atoms with Crippen LogP contribution in [0.25, 0.3) is 0 Å². The molecule has 0 aromatic heterocycles. The normalized spacial score (nSPS) is 19.6. The number of hydrogen-bond donors (Lipinski definition) is 4. The zero-order valence-corrected chi connectivity index (χ0v) is 42.4. The van der Waals surface area contributed by atoms with Crippen LogP contribution in [0.3, 0.4) is 0 Å². The van der Waals surface area contributed by atoms with E-state index in [-0.39, 0.29) is 26.1 Å². The van der Waals surface area contributed by atoms with Gasteiger partial charge in [-0.1, -0.05) is 209 Å². The summed E-state index contributed by atoms with van der Waals surface area (Å²) in [6.45, 7) is 3.32. The predicted molar refractivity (Wildman–Crippen MR) is 274 cm³/mol. The van der Waals surface area contributed by atoms with Crippen LogP contribution in [0.15, 0.2) is 72.9 Å². The third kappa shape index (κ3) is 37.7. The Labute approximate surface area is 408 Å². The van der Waals surface area contributed by atoms with Crippen molar-refractivity contribution < 1.29 is 49.0 Å². The van der Waals surface area contributed by atoms with E-state index in [9.17, 15) is 30.0 Å². The van der Waals surface area contributed by atoms with Crippen molar-refractivity contribution in [3.8, 4) is 0 Å². The zero-order valence-electron chi connectivity index (χ0n) is 42.4. The number of aliphatic hydroxyl groups is 4. The number of unbranched alkanes of at least 4 members (excludes halogenated alkanes) is 22. The lowest BCUT2D eigenvalue weighted by Gasteiger charge is -2.39. The van der Waals surface area contributed by atoms with Crippen LogP contribution in [-0.2, 0) is 28.5 Å². The largest absolute Gasteiger partial charge is 0.462 e. The molecule has 4 N–H and O–H groups in total. The molecule has 6 atom stereocenters. The number of esters is 2.